The number of ether oxygens (including phenoxy) is 1. The van der Waals surface area contributed by atoms with E-state index in [1.807, 2.05) is 16.5 Å². The second-order valence-electron chi connectivity index (χ2n) is 6.04. The normalized spacial score (nSPS) is 21.9. The highest BCUT2D eigenvalue weighted by Crippen LogP contribution is 2.18. The Morgan fingerprint density at radius 1 is 1.43 bits per heavy atom. The van der Waals surface area contributed by atoms with Crippen LogP contribution >= 0.6 is 12.4 Å². The van der Waals surface area contributed by atoms with Gasteiger partial charge in [-0.15, -0.1) is 17.5 Å². The highest BCUT2D eigenvalue weighted by molar-refractivity contribution is 5.91. The number of piperidine rings is 1. The van der Waals surface area contributed by atoms with Crippen molar-refractivity contribution in [1.82, 2.24) is 25.2 Å². The molecule has 1 N–H and O–H groups in total. The van der Waals surface area contributed by atoms with E-state index in [9.17, 15) is 4.79 Å². The summed E-state index contributed by atoms with van der Waals surface area (Å²) in [7, 11) is 0. The summed E-state index contributed by atoms with van der Waals surface area (Å²) in [5, 5.41) is 11.6. The molecule has 0 bridgehead atoms. The second kappa shape index (κ2) is 8.61. The number of carbonyl (C=O) groups is 1. The third-order valence-corrected chi connectivity index (χ3v) is 4.53. The Morgan fingerprint density at radius 3 is 2.87 bits per heavy atom. The number of rotatable bonds is 5. The fourth-order valence-corrected chi connectivity index (χ4v) is 3.18. The molecule has 2 fully saturated rings. The third-order valence-electron chi connectivity index (χ3n) is 4.53. The Bertz CT molecular complexity index is 498. The zero-order valence-corrected chi connectivity index (χ0v) is 14.4. The lowest BCUT2D eigenvalue weighted by Gasteiger charge is -2.23. The number of carbonyl (C=O) groups excluding carboxylic acids is 1. The first-order valence-electron chi connectivity index (χ1n) is 8.31. The number of hydrogen-bond donors (Lipinski definition) is 1. The van der Waals surface area contributed by atoms with Gasteiger partial charge in [0.15, 0.2) is 5.69 Å². The molecule has 23 heavy (non-hydrogen) atoms. The second-order valence-corrected chi connectivity index (χ2v) is 6.04. The topological polar surface area (TPSA) is 72.3 Å². The van der Waals surface area contributed by atoms with Gasteiger partial charge in [-0.3, -0.25) is 4.79 Å². The molecule has 2 saturated heterocycles. The quantitative estimate of drug-likeness (QED) is 0.871. The molecule has 2 aliphatic rings. The third kappa shape index (κ3) is 4.43. The number of halogens is 1. The molecule has 0 radical (unpaired) electrons. The Labute approximate surface area is 143 Å². The van der Waals surface area contributed by atoms with Gasteiger partial charge < -0.3 is 15.0 Å². The van der Waals surface area contributed by atoms with E-state index < -0.39 is 0 Å². The van der Waals surface area contributed by atoms with Gasteiger partial charge >= 0.3 is 0 Å². The number of nitrogens with zero attached hydrogens (tertiary/aromatic N) is 4. The first kappa shape index (κ1) is 18.2. The van der Waals surface area contributed by atoms with Gasteiger partial charge in [-0.25, -0.2) is 4.68 Å². The first-order chi connectivity index (χ1) is 10.8. The van der Waals surface area contributed by atoms with E-state index in [0.717, 1.165) is 45.4 Å². The van der Waals surface area contributed by atoms with Gasteiger partial charge in [-0.1, -0.05) is 5.21 Å². The molecule has 3 heterocycles. The lowest BCUT2D eigenvalue weighted by Crippen LogP contribution is -2.37. The SMILES string of the molecule is CCN(CC1CCCO1)C(=O)c1cn(C2CCNCC2)nn1.Cl. The summed E-state index contributed by atoms with van der Waals surface area (Å²) < 4.78 is 7.48. The maximum atomic E-state index is 12.6. The molecule has 1 aromatic rings. The van der Waals surface area contributed by atoms with Crippen LogP contribution in [-0.2, 0) is 4.74 Å². The highest BCUT2D eigenvalue weighted by Gasteiger charge is 2.25. The molecule has 1 atom stereocenters. The zero-order chi connectivity index (χ0) is 15.4. The Balaban J connectivity index is 0.00000192. The monoisotopic (exact) mass is 343 g/mol. The smallest absolute Gasteiger partial charge is 0.276 e. The molecule has 1 aromatic heterocycles. The van der Waals surface area contributed by atoms with Gasteiger partial charge in [0.05, 0.1) is 18.3 Å². The molecule has 1 amide bonds. The molecule has 0 aromatic carbocycles. The average molecular weight is 344 g/mol. The summed E-state index contributed by atoms with van der Waals surface area (Å²) in [6.07, 6.45) is 6.16. The first-order valence-corrected chi connectivity index (χ1v) is 8.31. The van der Waals surface area contributed by atoms with Crippen molar-refractivity contribution in [2.75, 3.05) is 32.8 Å². The van der Waals surface area contributed by atoms with Crippen LogP contribution in [0.3, 0.4) is 0 Å². The van der Waals surface area contributed by atoms with E-state index >= 15 is 0 Å². The van der Waals surface area contributed by atoms with Crippen LogP contribution in [0.5, 0.6) is 0 Å². The standard InChI is InChI=1S/C15H25N5O2.ClH/c1-2-19(10-13-4-3-9-22-13)15(21)14-11-20(18-17-14)12-5-7-16-8-6-12;/h11-13,16H,2-10H2,1H3;1H. The van der Waals surface area contributed by atoms with Crippen molar-refractivity contribution in [1.29, 1.82) is 0 Å². The predicted octanol–water partition coefficient (Wildman–Crippen LogP) is 1.27. The minimum atomic E-state index is -0.0433. The van der Waals surface area contributed by atoms with Gasteiger partial charge in [0.1, 0.15) is 0 Å². The molecule has 0 spiro atoms. The van der Waals surface area contributed by atoms with E-state index in [2.05, 4.69) is 15.6 Å². The highest BCUT2D eigenvalue weighted by atomic mass is 35.5. The lowest BCUT2D eigenvalue weighted by molar-refractivity contribution is 0.0534. The maximum absolute atomic E-state index is 12.6. The van der Waals surface area contributed by atoms with Gasteiger partial charge in [-0.2, -0.15) is 0 Å². The van der Waals surface area contributed by atoms with Crippen molar-refractivity contribution in [2.45, 2.75) is 44.8 Å². The van der Waals surface area contributed by atoms with Gasteiger partial charge in [0.25, 0.3) is 5.91 Å². The van der Waals surface area contributed by atoms with Crippen molar-refractivity contribution < 1.29 is 9.53 Å². The minimum absolute atomic E-state index is 0. The van der Waals surface area contributed by atoms with Crippen LogP contribution in [0.25, 0.3) is 0 Å². The average Bonchev–Trinajstić information content (AvgIpc) is 3.24. The molecule has 3 rings (SSSR count). The van der Waals surface area contributed by atoms with E-state index in [0.29, 0.717) is 24.8 Å². The van der Waals surface area contributed by atoms with Gasteiger partial charge in [0, 0.05) is 19.7 Å². The fraction of sp³-hybridized carbons (Fsp3) is 0.800. The largest absolute Gasteiger partial charge is 0.376 e. The number of nitrogens with one attached hydrogen (secondary N) is 1. The Kier molecular flexibility index (Phi) is 6.80. The summed E-state index contributed by atoms with van der Waals surface area (Å²) in [5.41, 5.74) is 0.443. The summed E-state index contributed by atoms with van der Waals surface area (Å²) >= 11 is 0. The summed E-state index contributed by atoms with van der Waals surface area (Å²) in [4.78, 5) is 14.4. The molecule has 1 unspecified atom stereocenters. The van der Waals surface area contributed by atoms with Crippen LogP contribution in [0.1, 0.15) is 49.1 Å². The van der Waals surface area contributed by atoms with Crippen LogP contribution < -0.4 is 5.32 Å². The Hall–Kier alpha value is -1.18. The van der Waals surface area contributed by atoms with Gasteiger partial charge in [0.2, 0.25) is 0 Å². The van der Waals surface area contributed by atoms with Gasteiger partial charge in [-0.05, 0) is 45.7 Å². The molecular formula is C15H26ClN5O2. The summed E-state index contributed by atoms with van der Waals surface area (Å²) in [6, 6.07) is 0.351. The van der Waals surface area contributed by atoms with Crippen molar-refractivity contribution in [3.63, 3.8) is 0 Å². The van der Waals surface area contributed by atoms with Crippen molar-refractivity contribution in [3.05, 3.63) is 11.9 Å². The number of likely N-dealkylation sites (N-methyl/N-ethyl adjacent to an activating group) is 1. The zero-order valence-electron chi connectivity index (χ0n) is 13.6. The van der Waals surface area contributed by atoms with E-state index in [1.54, 1.807) is 6.20 Å². The fourth-order valence-electron chi connectivity index (χ4n) is 3.18. The van der Waals surface area contributed by atoms with Crippen LogP contribution in [0.4, 0.5) is 0 Å². The number of hydrogen-bond acceptors (Lipinski definition) is 5. The molecular weight excluding hydrogens is 318 g/mol. The van der Waals surface area contributed by atoms with Crippen molar-refractivity contribution in [2.24, 2.45) is 0 Å². The summed E-state index contributed by atoms with van der Waals surface area (Å²) in [5.74, 6) is -0.0433. The number of aromatic nitrogens is 3. The van der Waals surface area contributed by atoms with Crippen LogP contribution in [0, 0.1) is 0 Å². The van der Waals surface area contributed by atoms with Crippen LogP contribution in [-0.4, -0.2) is 64.7 Å². The predicted molar refractivity (Wildman–Crippen MR) is 89.0 cm³/mol. The van der Waals surface area contributed by atoms with Crippen molar-refractivity contribution >= 4 is 18.3 Å². The van der Waals surface area contributed by atoms with Crippen LogP contribution in [0.2, 0.25) is 0 Å². The number of amides is 1. The molecule has 7 nitrogen and oxygen atoms in total. The maximum Gasteiger partial charge on any atom is 0.276 e. The molecule has 2 aliphatic heterocycles. The molecule has 0 saturated carbocycles. The minimum Gasteiger partial charge on any atom is -0.376 e. The molecule has 130 valence electrons. The molecule has 8 heteroatoms. The molecule has 0 aliphatic carbocycles. The van der Waals surface area contributed by atoms with E-state index in [1.165, 1.54) is 0 Å². The lowest BCUT2D eigenvalue weighted by atomic mass is 10.1. The summed E-state index contributed by atoms with van der Waals surface area (Å²) in [6.45, 7) is 6.10. The Morgan fingerprint density at radius 2 is 2.22 bits per heavy atom. The van der Waals surface area contributed by atoms with Crippen LogP contribution in [0.15, 0.2) is 6.20 Å². The van der Waals surface area contributed by atoms with E-state index in [-0.39, 0.29) is 24.4 Å². The van der Waals surface area contributed by atoms with Crippen molar-refractivity contribution in [3.8, 4) is 0 Å². The van der Waals surface area contributed by atoms with E-state index in [4.69, 9.17) is 4.74 Å².